The van der Waals surface area contributed by atoms with Crippen LogP contribution in [0.2, 0.25) is 0 Å². The van der Waals surface area contributed by atoms with Gasteiger partial charge in [-0.2, -0.15) is 0 Å². The lowest BCUT2D eigenvalue weighted by molar-refractivity contribution is 1.01. The maximum Gasteiger partial charge on any atom is 0.0494 e. The van der Waals surface area contributed by atoms with Crippen molar-refractivity contribution in [1.29, 1.82) is 0 Å². The maximum absolute atomic E-state index is 2.46. The van der Waals surface area contributed by atoms with Crippen molar-refractivity contribution in [1.82, 2.24) is 9.13 Å². The van der Waals surface area contributed by atoms with Crippen molar-refractivity contribution in [2.24, 2.45) is 14.1 Å². The molecule has 11 rings (SSSR count). The highest BCUT2D eigenvalue weighted by Crippen LogP contribution is 2.45. The maximum atomic E-state index is 2.46. The molecule has 0 N–H and O–H groups in total. The standard InChI is InChI=1S/C52H36N2/c1-53-48-23-8-6-17-40(48)42-27-25-35(30-50(42)53)38-19-11-21-44-46(38)32-47-39(36-26-28-43-41-18-7-9-24-49(41)54(2)51(43)31-36)20-12-22-45(47)52(44)37-16-10-15-34(29-37)33-13-4-3-5-14-33/h3-32H,1-2H3. The highest BCUT2D eigenvalue weighted by atomic mass is 14.9. The third-order valence-electron chi connectivity index (χ3n) is 11.7. The van der Waals surface area contributed by atoms with Gasteiger partial charge in [-0.05, 0) is 102 Å². The number of rotatable bonds is 4. The molecule has 11 aromatic rings. The summed E-state index contributed by atoms with van der Waals surface area (Å²) >= 11 is 0. The molecule has 0 amide bonds. The minimum Gasteiger partial charge on any atom is -0.344 e. The molecule has 2 aromatic heterocycles. The van der Waals surface area contributed by atoms with E-state index in [9.17, 15) is 0 Å². The second-order valence-corrected chi connectivity index (χ2v) is 14.6. The van der Waals surface area contributed by atoms with Crippen LogP contribution in [0.15, 0.2) is 182 Å². The first-order valence-electron chi connectivity index (χ1n) is 18.7. The Labute approximate surface area is 313 Å². The monoisotopic (exact) mass is 688 g/mol. The van der Waals surface area contributed by atoms with E-state index in [0.29, 0.717) is 0 Å². The first-order chi connectivity index (χ1) is 26.6. The Morgan fingerprint density at radius 1 is 0.259 bits per heavy atom. The molecule has 0 bridgehead atoms. The van der Waals surface area contributed by atoms with Crippen LogP contribution in [0.25, 0.3) is 110 Å². The minimum atomic E-state index is 1.22. The average molecular weight is 689 g/mol. The van der Waals surface area contributed by atoms with Crippen LogP contribution >= 0.6 is 0 Å². The molecule has 0 atom stereocenters. The van der Waals surface area contributed by atoms with E-state index < -0.39 is 0 Å². The summed E-state index contributed by atoms with van der Waals surface area (Å²) in [4.78, 5) is 0. The lowest BCUT2D eigenvalue weighted by atomic mass is 9.85. The first-order valence-corrected chi connectivity index (χ1v) is 18.7. The number of hydrogen-bond acceptors (Lipinski definition) is 0. The molecule has 0 fully saturated rings. The summed E-state index contributed by atoms with van der Waals surface area (Å²) in [5.41, 5.74) is 14.8. The van der Waals surface area contributed by atoms with E-state index in [2.05, 4.69) is 205 Å². The van der Waals surface area contributed by atoms with Crippen molar-refractivity contribution in [2.45, 2.75) is 0 Å². The van der Waals surface area contributed by atoms with Gasteiger partial charge in [-0.3, -0.25) is 0 Å². The van der Waals surface area contributed by atoms with Gasteiger partial charge >= 0.3 is 0 Å². The predicted octanol–water partition coefficient (Wildman–Crippen LogP) is 14.0. The Morgan fingerprint density at radius 2 is 0.704 bits per heavy atom. The first kappa shape index (κ1) is 30.7. The van der Waals surface area contributed by atoms with Crippen molar-refractivity contribution < 1.29 is 0 Å². The summed E-state index contributed by atoms with van der Waals surface area (Å²) in [6.45, 7) is 0. The number of aryl methyl sites for hydroxylation is 2. The molecule has 0 saturated heterocycles. The van der Waals surface area contributed by atoms with Gasteiger partial charge in [0.25, 0.3) is 0 Å². The third-order valence-corrected chi connectivity index (χ3v) is 11.7. The Balaban J connectivity index is 1.21. The molecule has 0 unspecified atom stereocenters. The molecule has 0 aliphatic rings. The lowest BCUT2D eigenvalue weighted by Gasteiger charge is -2.18. The van der Waals surface area contributed by atoms with E-state index in [1.54, 1.807) is 0 Å². The fourth-order valence-electron chi connectivity index (χ4n) is 9.12. The third kappa shape index (κ3) is 4.53. The largest absolute Gasteiger partial charge is 0.344 e. The molecular formula is C52H36N2. The molecule has 0 aliphatic carbocycles. The van der Waals surface area contributed by atoms with Crippen LogP contribution in [0.5, 0.6) is 0 Å². The van der Waals surface area contributed by atoms with Crippen molar-refractivity contribution >= 4 is 65.2 Å². The summed E-state index contributed by atoms with van der Waals surface area (Å²) < 4.78 is 4.66. The van der Waals surface area contributed by atoms with Gasteiger partial charge in [-0.15, -0.1) is 0 Å². The van der Waals surface area contributed by atoms with E-state index in [1.165, 1.54) is 110 Å². The van der Waals surface area contributed by atoms with Gasteiger partial charge in [0.1, 0.15) is 0 Å². The normalized spacial score (nSPS) is 11.9. The molecule has 2 heteroatoms. The SMILES string of the molecule is Cn1c2ccccc2c2ccc(-c3cccc4c(-c5cccc(-c6ccccc6)c5)c5cccc(-c6ccc7c8ccccc8n(C)c7c6)c5cc34)cc21. The summed E-state index contributed by atoms with van der Waals surface area (Å²) in [5, 5.41) is 10.2. The smallest absolute Gasteiger partial charge is 0.0494 e. The molecule has 2 heterocycles. The Kier molecular flexibility index (Phi) is 6.72. The van der Waals surface area contributed by atoms with Gasteiger partial charge < -0.3 is 9.13 Å². The van der Waals surface area contributed by atoms with Crippen LogP contribution in [0, 0.1) is 0 Å². The van der Waals surface area contributed by atoms with Crippen LogP contribution in [-0.4, -0.2) is 9.13 Å². The molecule has 9 aromatic carbocycles. The molecule has 0 radical (unpaired) electrons. The van der Waals surface area contributed by atoms with Crippen molar-refractivity contribution in [3.8, 4) is 44.5 Å². The van der Waals surface area contributed by atoms with E-state index in [-0.39, 0.29) is 0 Å². The summed E-state index contributed by atoms with van der Waals surface area (Å²) in [6, 6.07) is 67.3. The molecule has 2 nitrogen and oxygen atoms in total. The zero-order valence-corrected chi connectivity index (χ0v) is 30.2. The number of aromatic nitrogens is 2. The second-order valence-electron chi connectivity index (χ2n) is 14.6. The highest BCUT2D eigenvalue weighted by molar-refractivity contribution is 6.20. The molecule has 0 aliphatic heterocycles. The summed E-state index contributed by atoms with van der Waals surface area (Å²) in [5.74, 6) is 0. The van der Waals surface area contributed by atoms with Gasteiger partial charge in [0.15, 0.2) is 0 Å². The average Bonchev–Trinajstić information content (AvgIpc) is 3.69. The topological polar surface area (TPSA) is 9.86 Å². The van der Waals surface area contributed by atoms with Crippen LogP contribution in [0.4, 0.5) is 0 Å². The van der Waals surface area contributed by atoms with Gasteiger partial charge in [-0.1, -0.05) is 146 Å². The Morgan fingerprint density at radius 3 is 1.28 bits per heavy atom. The Bertz CT molecular complexity index is 3110. The predicted molar refractivity (Wildman–Crippen MR) is 231 cm³/mol. The van der Waals surface area contributed by atoms with Gasteiger partial charge in [0.05, 0.1) is 0 Å². The van der Waals surface area contributed by atoms with E-state index in [0.717, 1.165) is 0 Å². The van der Waals surface area contributed by atoms with Crippen LogP contribution < -0.4 is 0 Å². The number of fused-ring (bicyclic) bond motifs is 8. The van der Waals surface area contributed by atoms with Crippen LogP contribution in [0.1, 0.15) is 0 Å². The zero-order chi connectivity index (χ0) is 35.9. The van der Waals surface area contributed by atoms with Crippen LogP contribution in [0.3, 0.4) is 0 Å². The Hall–Kier alpha value is -6.90. The minimum absolute atomic E-state index is 1.22. The molecular weight excluding hydrogens is 653 g/mol. The van der Waals surface area contributed by atoms with Gasteiger partial charge in [0, 0.05) is 57.7 Å². The molecule has 0 saturated carbocycles. The molecule has 254 valence electrons. The number of nitrogens with zero attached hydrogens (tertiary/aromatic N) is 2. The van der Waals surface area contributed by atoms with E-state index >= 15 is 0 Å². The number of para-hydroxylation sites is 2. The number of hydrogen-bond donors (Lipinski definition) is 0. The fraction of sp³-hybridized carbons (Fsp3) is 0.0385. The summed E-state index contributed by atoms with van der Waals surface area (Å²) in [7, 11) is 4.36. The fourth-order valence-corrected chi connectivity index (χ4v) is 9.12. The van der Waals surface area contributed by atoms with E-state index in [1.807, 2.05) is 0 Å². The molecule has 0 spiro atoms. The zero-order valence-electron chi connectivity index (χ0n) is 30.2. The lowest BCUT2D eigenvalue weighted by Crippen LogP contribution is -1.92. The van der Waals surface area contributed by atoms with Crippen LogP contribution in [-0.2, 0) is 14.1 Å². The summed E-state index contributed by atoms with van der Waals surface area (Å²) in [6.07, 6.45) is 0. The van der Waals surface area contributed by atoms with Gasteiger partial charge in [0.2, 0.25) is 0 Å². The van der Waals surface area contributed by atoms with Crippen molar-refractivity contribution in [3.63, 3.8) is 0 Å². The quantitative estimate of drug-likeness (QED) is 0.163. The molecule has 54 heavy (non-hydrogen) atoms. The van der Waals surface area contributed by atoms with E-state index in [4.69, 9.17) is 0 Å². The van der Waals surface area contributed by atoms with Crippen molar-refractivity contribution in [2.75, 3.05) is 0 Å². The van der Waals surface area contributed by atoms with Crippen molar-refractivity contribution in [3.05, 3.63) is 182 Å². The number of benzene rings is 9. The van der Waals surface area contributed by atoms with Gasteiger partial charge in [-0.25, -0.2) is 0 Å². The second kappa shape index (κ2) is 11.8. The highest BCUT2D eigenvalue weighted by Gasteiger charge is 2.18.